The molecule has 0 bridgehead atoms. The van der Waals surface area contributed by atoms with Crippen molar-refractivity contribution in [2.75, 3.05) is 11.1 Å². The van der Waals surface area contributed by atoms with Crippen LogP contribution in [0.4, 0.5) is 11.6 Å². The predicted molar refractivity (Wildman–Crippen MR) is 76.1 cm³/mol. The second-order valence-corrected chi connectivity index (χ2v) is 4.74. The summed E-state index contributed by atoms with van der Waals surface area (Å²) in [7, 11) is 1.86. The monoisotopic (exact) mass is 272 g/mol. The van der Waals surface area contributed by atoms with Crippen LogP contribution in [0.5, 0.6) is 0 Å². The van der Waals surface area contributed by atoms with Crippen molar-refractivity contribution in [1.29, 1.82) is 0 Å². The molecule has 0 saturated carbocycles. The molecule has 0 saturated heterocycles. The summed E-state index contributed by atoms with van der Waals surface area (Å²) < 4.78 is 1.73. The molecule has 0 radical (unpaired) electrons. The van der Waals surface area contributed by atoms with Gasteiger partial charge in [0.05, 0.1) is 23.3 Å². The minimum atomic E-state index is -0.00231. The normalized spacial score (nSPS) is 12.8. The Hall–Kier alpha value is -2.64. The maximum atomic E-state index is 5.62. The van der Waals surface area contributed by atoms with E-state index in [1.807, 2.05) is 20.9 Å². The van der Waals surface area contributed by atoms with Crippen molar-refractivity contribution in [2.24, 2.45) is 7.05 Å². The fourth-order valence-corrected chi connectivity index (χ4v) is 2.10. The molecule has 3 aromatic heterocycles. The quantitative estimate of drug-likeness (QED) is 0.659. The van der Waals surface area contributed by atoms with Crippen molar-refractivity contribution in [3.8, 4) is 0 Å². The first-order chi connectivity index (χ1) is 9.54. The first-order valence-electron chi connectivity index (χ1n) is 6.28. The Labute approximate surface area is 115 Å². The van der Waals surface area contributed by atoms with Gasteiger partial charge in [0.1, 0.15) is 17.5 Å². The predicted octanol–water partition coefficient (Wildman–Crippen LogP) is 1.15. The van der Waals surface area contributed by atoms with Crippen molar-refractivity contribution in [2.45, 2.75) is 19.9 Å². The fraction of sp³-hybridized carbons (Fsp3) is 0.333. The molecule has 1 atom stereocenters. The van der Waals surface area contributed by atoms with Gasteiger partial charge in [-0.3, -0.25) is 9.78 Å². The van der Waals surface area contributed by atoms with Crippen molar-refractivity contribution < 1.29 is 0 Å². The lowest BCUT2D eigenvalue weighted by Gasteiger charge is -2.13. The molecule has 8 nitrogen and oxygen atoms in total. The van der Waals surface area contributed by atoms with Crippen molar-refractivity contribution >= 4 is 22.7 Å². The summed E-state index contributed by atoms with van der Waals surface area (Å²) in [6, 6.07) is 1.80. The molecule has 0 aliphatic rings. The van der Waals surface area contributed by atoms with Gasteiger partial charge in [-0.05, 0) is 13.8 Å². The Balaban J connectivity index is 1.98. The first-order valence-corrected chi connectivity index (χ1v) is 6.28. The summed E-state index contributed by atoms with van der Waals surface area (Å²) >= 11 is 0. The summed E-state index contributed by atoms with van der Waals surface area (Å²) in [5.41, 5.74) is 7.32. The van der Waals surface area contributed by atoms with Gasteiger partial charge in [0.2, 0.25) is 0 Å². The van der Waals surface area contributed by atoms with E-state index in [9.17, 15) is 0 Å². The number of nitrogens with two attached hydrogens (primary N) is 1. The average molecular weight is 272 g/mol. The van der Waals surface area contributed by atoms with E-state index in [2.05, 4.69) is 30.6 Å². The van der Waals surface area contributed by atoms with Crippen LogP contribution in [0.25, 0.3) is 11.0 Å². The van der Waals surface area contributed by atoms with Gasteiger partial charge >= 0.3 is 0 Å². The van der Waals surface area contributed by atoms with Gasteiger partial charge in [-0.1, -0.05) is 0 Å². The number of anilines is 2. The lowest BCUT2D eigenvalue weighted by molar-refractivity contribution is 0.782. The minimum Gasteiger partial charge on any atom is -0.382 e. The third kappa shape index (κ3) is 2.04. The van der Waals surface area contributed by atoms with E-state index in [1.54, 1.807) is 16.9 Å². The fourth-order valence-electron chi connectivity index (χ4n) is 2.10. The summed E-state index contributed by atoms with van der Waals surface area (Å²) in [5, 5.41) is 15.3. The number of aromatic nitrogens is 6. The number of hydrogen-bond donors (Lipinski definition) is 3. The van der Waals surface area contributed by atoms with Gasteiger partial charge < -0.3 is 11.1 Å². The number of aryl methyl sites for hydroxylation is 2. The standard InChI is InChI=1S/C12H16N8/c1-6(9-4-10(13)19-18-9)15-11-8-5-14-20(3)12(8)17-7(2)16-11/h4-6H,1-3H3,(H3,13,18,19)(H,15,16,17). The molecule has 1 unspecified atom stereocenters. The highest BCUT2D eigenvalue weighted by Gasteiger charge is 2.14. The van der Waals surface area contributed by atoms with Gasteiger partial charge in [0, 0.05) is 13.1 Å². The number of rotatable bonds is 3. The molecule has 104 valence electrons. The second kappa shape index (κ2) is 4.48. The highest BCUT2D eigenvalue weighted by Crippen LogP contribution is 2.24. The number of fused-ring (bicyclic) bond motifs is 1. The molecule has 0 aliphatic heterocycles. The second-order valence-electron chi connectivity index (χ2n) is 4.74. The van der Waals surface area contributed by atoms with Crippen molar-refractivity contribution in [3.05, 3.63) is 23.8 Å². The first kappa shape index (κ1) is 12.4. The number of H-pyrrole nitrogens is 1. The molecule has 3 heterocycles. The Morgan fingerprint density at radius 3 is 2.90 bits per heavy atom. The third-order valence-electron chi connectivity index (χ3n) is 3.14. The van der Waals surface area contributed by atoms with Crippen LogP contribution in [0, 0.1) is 6.92 Å². The van der Waals surface area contributed by atoms with Crippen LogP contribution < -0.4 is 11.1 Å². The van der Waals surface area contributed by atoms with Gasteiger partial charge in [-0.2, -0.15) is 10.2 Å². The molecular formula is C12H16N8. The van der Waals surface area contributed by atoms with Crippen LogP contribution >= 0.6 is 0 Å². The van der Waals surface area contributed by atoms with E-state index in [0.29, 0.717) is 11.6 Å². The number of aromatic amines is 1. The van der Waals surface area contributed by atoms with E-state index < -0.39 is 0 Å². The zero-order valence-corrected chi connectivity index (χ0v) is 11.5. The highest BCUT2D eigenvalue weighted by atomic mass is 15.3. The van der Waals surface area contributed by atoms with Crippen LogP contribution in [0.2, 0.25) is 0 Å². The molecule has 20 heavy (non-hydrogen) atoms. The van der Waals surface area contributed by atoms with Crippen LogP contribution in [0.1, 0.15) is 24.5 Å². The molecule has 3 aromatic rings. The SMILES string of the molecule is Cc1nc(NC(C)c2cc(N)n[nH]2)c2cnn(C)c2n1. The maximum Gasteiger partial charge on any atom is 0.163 e. The van der Waals surface area contributed by atoms with Crippen LogP contribution in [0.3, 0.4) is 0 Å². The maximum absolute atomic E-state index is 5.62. The highest BCUT2D eigenvalue weighted by molar-refractivity contribution is 5.86. The molecular weight excluding hydrogens is 256 g/mol. The van der Waals surface area contributed by atoms with Gasteiger partial charge in [0.15, 0.2) is 5.65 Å². The van der Waals surface area contributed by atoms with Crippen molar-refractivity contribution in [3.63, 3.8) is 0 Å². The van der Waals surface area contributed by atoms with E-state index in [-0.39, 0.29) is 6.04 Å². The lowest BCUT2D eigenvalue weighted by Crippen LogP contribution is -2.10. The molecule has 4 N–H and O–H groups in total. The Bertz CT molecular complexity index is 756. The zero-order valence-electron chi connectivity index (χ0n) is 11.5. The molecule has 0 aliphatic carbocycles. The third-order valence-corrected chi connectivity index (χ3v) is 3.14. The summed E-state index contributed by atoms with van der Waals surface area (Å²) in [6.45, 7) is 3.86. The minimum absolute atomic E-state index is 0.00231. The van der Waals surface area contributed by atoms with Crippen LogP contribution in [-0.2, 0) is 7.05 Å². The zero-order chi connectivity index (χ0) is 14.3. The summed E-state index contributed by atoms with van der Waals surface area (Å²) in [6.07, 6.45) is 1.76. The van der Waals surface area contributed by atoms with Gasteiger partial charge in [-0.25, -0.2) is 9.97 Å². The van der Waals surface area contributed by atoms with E-state index in [0.717, 1.165) is 22.5 Å². The summed E-state index contributed by atoms with van der Waals surface area (Å²) in [4.78, 5) is 8.84. The molecule has 0 amide bonds. The molecule has 0 spiro atoms. The van der Waals surface area contributed by atoms with E-state index in [1.165, 1.54) is 0 Å². The van der Waals surface area contributed by atoms with E-state index >= 15 is 0 Å². The van der Waals surface area contributed by atoms with Gasteiger partial charge in [0.25, 0.3) is 0 Å². The lowest BCUT2D eigenvalue weighted by atomic mass is 10.2. The Morgan fingerprint density at radius 1 is 1.40 bits per heavy atom. The van der Waals surface area contributed by atoms with Crippen LogP contribution in [-0.4, -0.2) is 29.9 Å². The molecule has 0 fully saturated rings. The number of nitrogens with zero attached hydrogens (tertiary/aromatic N) is 5. The smallest absolute Gasteiger partial charge is 0.163 e. The Kier molecular flexibility index (Phi) is 2.78. The molecule has 3 rings (SSSR count). The number of nitrogen functional groups attached to an aromatic ring is 1. The molecule has 0 aromatic carbocycles. The largest absolute Gasteiger partial charge is 0.382 e. The van der Waals surface area contributed by atoms with Crippen LogP contribution in [0.15, 0.2) is 12.3 Å². The Morgan fingerprint density at radius 2 is 2.20 bits per heavy atom. The summed E-state index contributed by atoms with van der Waals surface area (Å²) in [5.74, 6) is 1.92. The molecule has 8 heteroatoms. The number of hydrogen-bond acceptors (Lipinski definition) is 6. The van der Waals surface area contributed by atoms with Crippen molar-refractivity contribution in [1.82, 2.24) is 29.9 Å². The topological polar surface area (TPSA) is 110 Å². The van der Waals surface area contributed by atoms with Gasteiger partial charge in [-0.15, -0.1) is 0 Å². The van der Waals surface area contributed by atoms with E-state index in [4.69, 9.17) is 5.73 Å². The average Bonchev–Trinajstić information content (AvgIpc) is 2.97. The number of nitrogens with one attached hydrogen (secondary N) is 2.